The second-order valence-electron chi connectivity index (χ2n) is 2.87. The van der Waals surface area contributed by atoms with Gasteiger partial charge in [0, 0.05) is 11.6 Å². The van der Waals surface area contributed by atoms with Gasteiger partial charge in [0.25, 0.3) is 6.43 Å². The Morgan fingerprint density at radius 1 is 1.29 bits per heavy atom. The van der Waals surface area contributed by atoms with Crippen molar-refractivity contribution in [1.82, 2.24) is 0 Å². The van der Waals surface area contributed by atoms with Crippen LogP contribution < -0.4 is 5.73 Å². The third-order valence-electron chi connectivity index (χ3n) is 1.82. The number of rotatable bonds is 2. The summed E-state index contributed by atoms with van der Waals surface area (Å²) in [5.41, 5.74) is 5.46. The lowest BCUT2D eigenvalue weighted by molar-refractivity contribution is 0.147. The van der Waals surface area contributed by atoms with E-state index in [1.165, 1.54) is 18.2 Å². The summed E-state index contributed by atoms with van der Waals surface area (Å²) in [6.45, 7) is 1.63. The monoisotopic (exact) mass is 223 g/mol. The highest BCUT2D eigenvalue weighted by Gasteiger charge is 2.16. The molecule has 2 nitrogen and oxygen atoms in total. The Morgan fingerprint density at radius 2 is 1.79 bits per heavy atom. The standard InChI is InChI=1S/C9H11F2NO.ClH/c1-5(12)6-3-2-4-7(8(6)13)9(10)11;/h2-5,9,13H,12H2,1H3;1H/t5-;/m1./s1. The summed E-state index contributed by atoms with van der Waals surface area (Å²) < 4.78 is 24.5. The van der Waals surface area contributed by atoms with E-state index in [2.05, 4.69) is 0 Å². The molecule has 0 aliphatic heterocycles. The minimum Gasteiger partial charge on any atom is -0.507 e. The highest BCUT2D eigenvalue weighted by atomic mass is 35.5. The van der Waals surface area contributed by atoms with Crippen molar-refractivity contribution in [2.24, 2.45) is 5.73 Å². The summed E-state index contributed by atoms with van der Waals surface area (Å²) in [4.78, 5) is 0. The normalized spacial score (nSPS) is 12.4. The molecule has 3 N–H and O–H groups in total. The molecule has 0 amide bonds. The maximum Gasteiger partial charge on any atom is 0.267 e. The van der Waals surface area contributed by atoms with Crippen LogP contribution in [0.2, 0.25) is 0 Å². The van der Waals surface area contributed by atoms with Crippen molar-refractivity contribution in [3.05, 3.63) is 29.3 Å². The van der Waals surface area contributed by atoms with Gasteiger partial charge in [-0.25, -0.2) is 8.78 Å². The third kappa shape index (κ3) is 2.56. The maximum absolute atomic E-state index is 12.3. The molecule has 0 heterocycles. The van der Waals surface area contributed by atoms with Gasteiger partial charge in [0.15, 0.2) is 0 Å². The van der Waals surface area contributed by atoms with Crippen LogP contribution >= 0.6 is 12.4 Å². The van der Waals surface area contributed by atoms with Crippen LogP contribution in [0, 0.1) is 0 Å². The summed E-state index contributed by atoms with van der Waals surface area (Å²) >= 11 is 0. The summed E-state index contributed by atoms with van der Waals surface area (Å²) in [6.07, 6.45) is -2.67. The van der Waals surface area contributed by atoms with E-state index < -0.39 is 18.2 Å². The topological polar surface area (TPSA) is 46.2 Å². The number of benzene rings is 1. The van der Waals surface area contributed by atoms with E-state index in [1.54, 1.807) is 6.92 Å². The molecular weight excluding hydrogens is 212 g/mol. The predicted octanol–water partition coefficient (Wildman–Crippen LogP) is 2.77. The van der Waals surface area contributed by atoms with E-state index in [1.807, 2.05) is 0 Å². The van der Waals surface area contributed by atoms with Gasteiger partial charge in [-0.3, -0.25) is 0 Å². The zero-order valence-electron chi connectivity index (χ0n) is 7.58. The first-order valence-corrected chi connectivity index (χ1v) is 3.89. The zero-order chi connectivity index (χ0) is 10.0. The molecule has 0 radical (unpaired) electrons. The molecular formula is C9H12ClF2NO. The van der Waals surface area contributed by atoms with Gasteiger partial charge in [-0.05, 0) is 13.0 Å². The molecule has 0 unspecified atom stereocenters. The van der Waals surface area contributed by atoms with Crippen LogP contribution in [0.4, 0.5) is 8.78 Å². The lowest BCUT2D eigenvalue weighted by Gasteiger charge is -2.11. The molecule has 1 aromatic carbocycles. The largest absolute Gasteiger partial charge is 0.507 e. The van der Waals surface area contributed by atoms with Gasteiger partial charge in [0.2, 0.25) is 0 Å². The summed E-state index contributed by atoms with van der Waals surface area (Å²) in [6, 6.07) is 3.73. The van der Waals surface area contributed by atoms with Crippen LogP contribution in [-0.4, -0.2) is 5.11 Å². The smallest absolute Gasteiger partial charge is 0.267 e. The van der Waals surface area contributed by atoms with Gasteiger partial charge in [-0.15, -0.1) is 12.4 Å². The summed E-state index contributed by atoms with van der Waals surface area (Å²) in [5, 5.41) is 9.37. The lowest BCUT2D eigenvalue weighted by Crippen LogP contribution is -2.06. The molecule has 0 saturated heterocycles. The first-order chi connectivity index (χ1) is 6.04. The van der Waals surface area contributed by atoms with Crippen molar-refractivity contribution in [2.45, 2.75) is 19.4 Å². The van der Waals surface area contributed by atoms with E-state index in [0.29, 0.717) is 5.56 Å². The van der Waals surface area contributed by atoms with Crippen molar-refractivity contribution < 1.29 is 13.9 Å². The highest BCUT2D eigenvalue weighted by molar-refractivity contribution is 5.85. The van der Waals surface area contributed by atoms with Crippen molar-refractivity contribution in [2.75, 3.05) is 0 Å². The van der Waals surface area contributed by atoms with Crippen molar-refractivity contribution in [3.63, 3.8) is 0 Å². The van der Waals surface area contributed by atoms with Crippen LogP contribution in [-0.2, 0) is 0 Å². The molecule has 1 rings (SSSR count). The second kappa shape index (κ2) is 5.12. The quantitative estimate of drug-likeness (QED) is 0.810. The van der Waals surface area contributed by atoms with Gasteiger partial charge in [0.1, 0.15) is 5.75 Å². The molecule has 0 aliphatic rings. The fraction of sp³-hybridized carbons (Fsp3) is 0.333. The van der Waals surface area contributed by atoms with Crippen LogP contribution in [0.15, 0.2) is 18.2 Å². The number of phenolic OH excluding ortho intramolecular Hbond substituents is 1. The van der Waals surface area contributed by atoms with Crippen LogP contribution in [0.5, 0.6) is 5.75 Å². The first kappa shape index (κ1) is 13.1. The molecule has 80 valence electrons. The van der Waals surface area contributed by atoms with Crippen molar-refractivity contribution in [3.8, 4) is 5.75 Å². The minimum atomic E-state index is -2.67. The van der Waals surface area contributed by atoms with Crippen molar-refractivity contribution in [1.29, 1.82) is 0 Å². The molecule has 1 atom stereocenters. The van der Waals surface area contributed by atoms with Gasteiger partial charge < -0.3 is 10.8 Å². The maximum atomic E-state index is 12.3. The van der Waals surface area contributed by atoms with Gasteiger partial charge in [-0.2, -0.15) is 0 Å². The average molecular weight is 224 g/mol. The number of aromatic hydroxyl groups is 1. The first-order valence-electron chi connectivity index (χ1n) is 3.89. The van der Waals surface area contributed by atoms with Crippen LogP contribution in [0.25, 0.3) is 0 Å². The summed E-state index contributed by atoms with van der Waals surface area (Å²) in [7, 11) is 0. The van der Waals surface area contributed by atoms with Crippen LogP contribution in [0.1, 0.15) is 30.5 Å². The number of alkyl halides is 2. The van der Waals surface area contributed by atoms with Gasteiger partial charge in [-0.1, -0.05) is 12.1 Å². The second-order valence-corrected chi connectivity index (χ2v) is 2.87. The Labute approximate surface area is 87.1 Å². The molecule has 0 bridgehead atoms. The predicted molar refractivity (Wildman–Crippen MR) is 52.9 cm³/mol. The highest BCUT2D eigenvalue weighted by Crippen LogP contribution is 2.33. The Balaban J connectivity index is 0.00000169. The molecule has 0 fully saturated rings. The zero-order valence-corrected chi connectivity index (χ0v) is 8.39. The Hall–Kier alpha value is -0.870. The van der Waals surface area contributed by atoms with E-state index in [0.717, 1.165) is 0 Å². The number of hydrogen-bond donors (Lipinski definition) is 2. The Morgan fingerprint density at radius 3 is 2.21 bits per heavy atom. The van der Waals surface area contributed by atoms with Gasteiger partial charge in [0.05, 0.1) is 5.56 Å². The minimum absolute atomic E-state index is 0. The fourth-order valence-electron chi connectivity index (χ4n) is 1.12. The fourth-order valence-corrected chi connectivity index (χ4v) is 1.12. The summed E-state index contributed by atoms with van der Waals surface area (Å²) in [5.74, 6) is -0.396. The molecule has 0 spiro atoms. The molecule has 0 aromatic heterocycles. The molecule has 1 aromatic rings. The lowest BCUT2D eigenvalue weighted by atomic mass is 10.0. The Bertz CT molecular complexity index is 279. The Kier molecular flexibility index (Phi) is 4.80. The molecule has 0 saturated carbocycles. The van der Waals surface area contributed by atoms with E-state index in [9.17, 15) is 13.9 Å². The van der Waals surface area contributed by atoms with E-state index >= 15 is 0 Å². The molecule has 14 heavy (non-hydrogen) atoms. The number of nitrogens with two attached hydrogens (primary N) is 1. The van der Waals surface area contributed by atoms with Gasteiger partial charge >= 0.3 is 0 Å². The van der Waals surface area contributed by atoms with Crippen molar-refractivity contribution >= 4 is 12.4 Å². The van der Waals surface area contributed by atoms with Crippen LogP contribution in [0.3, 0.4) is 0 Å². The number of para-hydroxylation sites is 1. The van der Waals surface area contributed by atoms with E-state index in [4.69, 9.17) is 5.73 Å². The average Bonchev–Trinajstić information content (AvgIpc) is 2.03. The SMILES string of the molecule is C[C@@H](N)c1cccc(C(F)F)c1O.Cl. The third-order valence-corrected chi connectivity index (χ3v) is 1.82. The molecule has 5 heteroatoms. The molecule has 0 aliphatic carbocycles. The number of phenols is 1. The van der Waals surface area contributed by atoms with E-state index in [-0.39, 0.29) is 18.0 Å². The number of hydrogen-bond acceptors (Lipinski definition) is 2. The number of halogens is 3.